The van der Waals surface area contributed by atoms with E-state index < -0.39 is 9.28 Å². The maximum Gasteiger partial charge on any atom is 0.207 e. The summed E-state index contributed by atoms with van der Waals surface area (Å²) in [6.07, 6.45) is 0.660. The zero-order chi connectivity index (χ0) is 20.5. The molecular formula is C20H22FIN6O. The molecule has 0 spiro atoms. The van der Waals surface area contributed by atoms with Gasteiger partial charge in [-0.1, -0.05) is 24.3 Å². The second kappa shape index (κ2) is 7.96. The van der Waals surface area contributed by atoms with E-state index in [9.17, 15) is 9.50 Å². The number of rotatable bonds is 6. The lowest BCUT2D eigenvalue weighted by molar-refractivity contribution is 0.0349. The molecule has 29 heavy (non-hydrogen) atoms. The normalized spacial score (nSPS) is 21.1. The van der Waals surface area contributed by atoms with Crippen LogP contribution in [0.15, 0.2) is 48.5 Å². The highest BCUT2D eigenvalue weighted by molar-refractivity contribution is 14.1. The van der Waals surface area contributed by atoms with Crippen molar-refractivity contribution in [3.05, 3.63) is 54.1 Å². The van der Waals surface area contributed by atoms with E-state index in [1.807, 2.05) is 36.4 Å². The summed E-state index contributed by atoms with van der Waals surface area (Å²) in [5, 5.41) is 29.7. The minimum atomic E-state index is -1.41. The number of benzene rings is 2. The van der Waals surface area contributed by atoms with Crippen LogP contribution in [0.5, 0.6) is 0 Å². The van der Waals surface area contributed by atoms with Gasteiger partial charge in [0.25, 0.3) is 0 Å². The lowest BCUT2D eigenvalue weighted by atomic mass is 10.0. The van der Waals surface area contributed by atoms with Gasteiger partial charge in [-0.2, -0.15) is 4.80 Å². The molecule has 2 heterocycles. The first-order chi connectivity index (χ1) is 13.8. The topological polar surface area (TPSA) is 87.9 Å². The summed E-state index contributed by atoms with van der Waals surface area (Å²) in [5.41, 5.74) is 2.21. The van der Waals surface area contributed by atoms with E-state index >= 15 is 0 Å². The van der Waals surface area contributed by atoms with Crippen molar-refractivity contribution >= 4 is 34.0 Å². The highest BCUT2D eigenvalue weighted by atomic mass is 127. The molecule has 1 aliphatic heterocycles. The Labute approximate surface area is 181 Å². The molecule has 2 atom stereocenters. The minimum Gasteiger partial charge on any atom is -0.386 e. The zero-order valence-corrected chi connectivity index (χ0v) is 18.1. The van der Waals surface area contributed by atoms with Gasteiger partial charge >= 0.3 is 0 Å². The predicted molar refractivity (Wildman–Crippen MR) is 118 cm³/mol. The molecule has 152 valence electrons. The van der Waals surface area contributed by atoms with Crippen LogP contribution in [0.4, 0.5) is 15.8 Å². The van der Waals surface area contributed by atoms with Crippen molar-refractivity contribution < 1.29 is 9.50 Å². The van der Waals surface area contributed by atoms with Crippen LogP contribution in [0.2, 0.25) is 0 Å². The Morgan fingerprint density at radius 1 is 1.28 bits per heavy atom. The smallest absolute Gasteiger partial charge is 0.207 e. The highest BCUT2D eigenvalue weighted by Crippen LogP contribution is 2.34. The summed E-state index contributed by atoms with van der Waals surface area (Å²) in [6.45, 7) is 3.12. The van der Waals surface area contributed by atoms with E-state index in [4.69, 9.17) is 0 Å². The Morgan fingerprint density at radius 3 is 2.72 bits per heavy atom. The first-order valence-corrected chi connectivity index (χ1v) is 10.5. The summed E-state index contributed by atoms with van der Waals surface area (Å²) in [5.74, 6) is 0.475. The molecule has 0 aliphatic carbocycles. The predicted octanol–water partition coefficient (Wildman–Crippen LogP) is 3.39. The number of halogens is 2. The number of aliphatic hydroxyl groups is 1. The van der Waals surface area contributed by atoms with E-state index in [2.05, 4.69) is 26.0 Å². The fourth-order valence-electron chi connectivity index (χ4n) is 3.34. The molecule has 0 bridgehead atoms. The fraction of sp³-hybridized carbons (Fsp3) is 0.350. The van der Waals surface area contributed by atoms with Crippen LogP contribution in [-0.2, 0) is 10.2 Å². The van der Waals surface area contributed by atoms with Crippen molar-refractivity contribution in [1.82, 2.24) is 25.5 Å². The summed E-state index contributed by atoms with van der Waals surface area (Å²) in [6, 6.07) is 14.9. The van der Waals surface area contributed by atoms with E-state index in [1.165, 1.54) is 11.7 Å². The molecule has 7 nitrogen and oxygen atoms in total. The van der Waals surface area contributed by atoms with E-state index in [0.29, 0.717) is 30.9 Å². The molecular weight excluding hydrogens is 486 g/mol. The first-order valence-electron chi connectivity index (χ1n) is 9.38. The van der Waals surface area contributed by atoms with Crippen LogP contribution >= 0.6 is 22.6 Å². The van der Waals surface area contributed by atoms with Crippen LogP contribution in [0, 0.1) is 0 Å². The largest absolute Gasteiger partial charge is 0.386 e. The molecule has 2 aromatic carbocycles. The Hall–Kier alpha value is -2.11. The number of para-hydroxylation sites is 1. The molecule has 0 radical (unpaired) electrons. The van der Waals surface area contributed by atoms with E-state index in [0.717, 1.165) is 23.5 Å². The van der Waals surface area contributed by atoms with E-state index in [1.54, 1.807) is 34.7 Å². The molecule has 2 unspecified atom stereocenters. The van der Waals surface area contributed by atoms with Crippen molar-refractivity contribution in [1.29, 1.82) is 0 Å². The highest BCUT2D eigenvalue weighted by Gasteiger charge is 2.32. The van der Waals surface area contributed by atoms with Gasteiger partial charge in [0.15, 0.2) is 3.68 Å². The lowest BCUT2D eigenvalue weighted by Gasteiger charge is -2.19. The minimum absolute atomic E-state index is 0.294. The molecule has 3 N–H and O–H groups in total. The molecule has 1 aromatic heterocycles. The molecule has 0 saturated carbocycles. The number of β-amino-alcohol motifs (C(OH)–C–C–N with tert-alkyl or cyclic N) is 1. The standard InChI is InChI=1S/C20H22FIN6O/c1-19(21,22)14-6-8-15(9-7-14)24-17-5-3-2-4-16(17)18-25-27-28(26-18)13-20(29)10-11-23-12-20/h2-9,23-24,29H,10-13H2,1H3. The third-order valence-electron chi connectivity index (χ3n) is 4.95. The fourth-order valence-corrected chi connectivity index (χ4v) is 3.70. The summed E-state index contributed by atoms with van der Waals surface area (Å²) < 4.78 is 12.7. The number of tetrazole rings is 1. The van der Waals surface area contributed by atoms with Crippen molar-refractivity contribution in [2.75, 3.05) is 18.4 Å². The number of aromatic nitrogens is 4. The van der Waals surface area contributed by atoms with Gasteiger partial charge < -0.3 is 15.7 Å². The van der Waals surface area contributed by atoms with Gasteiger partial charge in [-0.15, -0.1) is 10.2 Å². The van der Waals surface area contributed by atoms with Crippen LogP contribution in [0.3, 0.4) is 0 Å². The van der Waals surface area contributed by atoms with Crippen molar-refractivity contribution in [3.63, 3.8) is 0 Å². The number of anilines is 2. The molecule has 1 saturated heterocycles. The SMILES string of the molecule is CC(F)(I)c1ccc(Nc2ccccc2-c2nnn(CC3(O)CCNC3)n2)cc1. The molecule has 1 aliphatic rings. The van der Waals surface area contributed by atoms with Gasteiger partial charge in [0.05, 0.1) is 12.1 Å². The van der Waals surface area contributed by atoms with Crippen molar-refractivity contribution in [2.24, 2.45) is 0 Å². The number of hydrogen-bond donors (Lipinski definition) is 3. The quantitative estimate of drug-likeness (QED) is 0.350. The monoisotopic (exact) mass is 508 g/mol. The molecule has 3 aromatic rings. The third kappa shape index (κ3) is 4.73. The number of alkyl halides is 2. The maximum atomic E-state index is 14.1. The van der Waals surface area contributed by atoms with E-state index in [-0.39, 0.29) is 0 Å². The zero-order valence-electron chi connectivity index (χ0n) is 15.9. The Kier molecular flexibility index (Phi) is 5.54. The van der Waals surface area contributed by atoms with Gasteiger partial charge in [0.1, 0.15) is 0 Å². The first kappa shape index (κ1) is 20.2. The Morgan fingerprint density at radius 2 is 2.03 bits per heavy atom. The van der Waals surface area contributed by atoms with Crippen molar-refractivity contribution in [3.8, 4) is 11.4 Å². The second-order valence-corrected chi connectivity index (χ2v) is 9.46. The van der Waals surface area contributed by atoms with Crippen LogP contribution in [-0.4, -0.2) is 44.0 Å². The molecule has 4 rings (SSSR count). The molecule has 9 heteroatoms. The van der Waals surface area contributed by atoms with Gasteiger partial charge in [-0.3, -0.25) is 0 Å². The van der Waals surface area contributed by atoms with Crippen LogP contribution < -0.4 is 10.6 Å². The van der Waals surface area contributed by atoms with Gasteiger partial charge in [-0.05, 0) is 77.5 Å². The van der Waals surface area contributed by atoms with Gasteiger partial charge in [0, 0.05) is 23.5 Å². The third-order valence-corrected chi connectivity index (χ3v) is 5.57. The van der Waals surface area contributed by atoms with Crippen LogP contribution in [0.25, 0.3) is 11.4 Å². The van der Waals surface area contributed by atoms with Crippen LogP contribution in [0.1, 0.15) is 18.9 Å². The molecule has 1 fully saturated rings. The van der Waals surface area contributed by atoms with Crippen molar-refractivity contribution in [2.45, 2.75) is 29.2 Å². The van der Waals surface area contributed by atoms with Gasteiger partial charge in [0.2, 0.25) is 5.82 Å². The average molecular weight is 508 g/mol. The number of nitrogens with one attached hydrogen (secondary N) is 2. The Balaban J connectivity index is 1.54. The summed E-state index contributed by atoms with van der Waals surface area (Å²) >= 11 is 1.78. The average Bonchev–Trinajstić information content (AvgIpc) is 3.31. The van der Waals surface area contributed by atoms with Gasteiger partial charge in [-0.25, -0.2) is 4.39 Å². The number of hydrogen-bond acceptors (Lipinski definition) is 6. The summed E-state index contributed by atoms with van der Waals surface area (Å²) in [7, 11) is 0. The Bertz CT molecular complexity index is 979. The second-order valence-electron chi connectivity index (χ2n) is 7.43. The molecule has 0 amide bonds. The lowest BCUT2D eigenvalue weighted by Crippen LogP contribution is -2.37. The number of nitrogens with zero attached hydrogens (tertiary/aromatic N) is 4. The summed E-state index contributed by atoms with van der Waals surface area (Å²) in [4.78, 5) is 1.44. The maximum absolute atomic E-state index is 14.1.